The molecule has 0 fully saturated rings. The third-order valence-electron chi connectivity index (χ3n) is 2.95. The number of aliphatic imine (C=N–C) groups is 1. The van der Waals surface area contributed by atoms with Gasteiger partial charge in [-0.3, -0.25) is 0 Å². The van der Waals surface area contributed by atoms with Crippen molar-refractivity contribution in [1.29, 1.82) is 0 Å². The van der Waals surface area contributed by atoms with E-state index in [0.29, 0.717) is 29.0 Å². The summed E-state index contributed by atoms with van der Waals surface area (Å²) in [6, 6.07) is 3.44. The molecule has 0 aliphatic carbocycles. The zero-order valence-electron chi connectivity index (χ0n) is 12.9. The highest BCUT2D eigenvalue weighted by molar-refractivity contribution is 14.0. The molecule has 0 atom stereocenters. The van der Waals surface area contributed by atoms with E-state index in [4.69, 9.17) is 21.1 Å². The zero-order chi connectivity index (χ0) is 16.9. The van der Waals surface area contributed by atoms with Gasteiger partial charge in [0.15, 0.2) is 17.5 Å². The number of ether oxygens (including phenoxy) is 2. The predicted octanol–water partition coefficient (Wildman–Crippen LogP) is 3.69. The van der Waals surface area contributed by atoms with Gasteiger partial charge in [-0.2, -0.15) is 13.2 Å². The van der Waals surface area contributed by atoms with Crippen LogP contribution < -0.4 is 20.1 Å². The highest BCUT2D eigenvalue weighted by atomic mass is 127. The molecule has 0 radical (unpaired) electrons. The van der Waals surface area contributed by atoms with Crippen LogP contribution in [0, 0.1) is 0 Å². The van der Waals surface area contributed by atoms with E-state index < -0.39 is 12.6 Å². The van der Waals surface area contributed by atoms with Crippen molar-refractivity contribution in [2.45, 2.75) is 26.1 Å². The molecule has 0 amide bonds. The number of nitrogens with one attached hydrogen (secondary N) is 2. The van der Waals surface area contributed by atoms with E-state index in [0.717, 1.165) is 5.56 Å². The largest absolute Gasteiger partial charge is 0.454 e. The van der Waals surface area contributed by atoms with Crippen molar-refractivity contribution in [1.82, 2.24) is 10.6 Å². The Balaban J connectivity index is 0.00000288. The Morgan fingerprint density at radius 2 is 2.04 bits per heavy atom. The first-order chi connectivity index (χ1) is 10.9. The van der Waals surface area contributed by atoms with Gasteiger partial charge in [0.05, 0.1) is 18.0 Å². The summed E-state index contributed by atoms with van der Waals surface area (Å²) in [6.45, 7) is 2.50. The van der Waals surface area contributed by atoms with Crippen LogP contribution in [0.5, 0.6) is 11.5 Å². The van der Waals surface area contributed by atoms with Crippen LogP contribution >= 0.6 is 35.6 Å². The number of hydrogen-bond acceptors (Lipinski definition) is 3. The average Bonchev–Trinajstić information content (AvgIpc) is 2.92. The Morgan fingerprint density at radius 1 is 1.29 bits per heavy atom. The zero-order valence-corrected chi connectivity index (χ0v) is 16.0. The molecule has 1 aliphatic heterocycles. The van der Waals surface area contributed by atoms with Crippen molar-refractivity contribution < 1.29 is 22.6 Å². The van der Waals surface area contributed by atoms with Gasteiger partial charge in [0.2, 0.25) is 6.79 Å². The summed E-state index contributed by atoms with van der Waals surface area (Å²) < 4.78 is 47.0. The predicted molar refractivity (Wildman–Crippen MR) is 96.5 cm³/mol. The number of fused-ring (bicyclic) bond motifs is 1. The van der Waals surface area contributed by atoms with E-state index in [1.165, 1.54) is 0 Å². The van der Waals surface area contributed by atoms with Crippen LogP contribution in [0.4, 0.5) is 13.2 Å². The normalized spacial score (nSPS) is 13.5. The molecule has 2 rings (SSSR count). The second-order valence-corrected chi connectivity index (χ2v) is 5.21. The third-order valence-corrected chi connectivity index (χ3v) is 3.23. The second kappa shape index (κ2) is 9.40. The molecule has 0 aromatic heterocycles. The van der Waals surface area contributed by atoms with E-state index in [-0.39, 0.29) is 43.9 Å². The Bertz CT molecular complexity index is 585. The summed E-state index contributed by atoms with van der Waals surface area (Å²) >= 11 is 6.08. The van der Waals surface area contributed by atoms with Gasteiger partial charge >= 0.3 is 6.18 Å². The first kappa shape index (κ1) is 20.9. The summed E-state index contributed by atoms with van der Waals surface area (Å²) in [5.41, 5.74) is 0.771. The molecule has 1 heterocycles. The van der Waals surface area contributed by atoms with Gasteiger partial charge in [0.25, 0.3) is 0 Å². The van der Waals surface area contributed by atoms with Gasteiger partial charge in [0.1, 0.15) is 0 Å². The van der Waals surface area contributed by atoms with Gasteiger partial charge in [-0.1, -0.05) is 11.6 Å². The van der Waals surface area contributed by atoms with Crippen molar-refractivity contribution >= 4 is 41.5 Å². The molecule has 1 aliphatic rings. The third kappa shape index (κ3) is 6.42. The van der Waals surface area contributed by atoms with Gasteiger partial charge < -0.3 is 20.1 Å². The van der Waals surface area contributed by atoms with Crippen LogP contribution in [0.1, 0.15) is 18.9 Å². The Kier molecular flexibility index (Phi) is 8.20. The molecule has 1 aromatic carbocycles. The van der Waals surface area contributed by atoms with Gasteiger partial charge in [-0.25, -0.2) is 4.99 Å². The summed E-state index contributed by atoms with van der Waals surface area (Å²) in [5.74, 6) is 1.35. The number of hydrogen-bond donors (Lipinski definition) is 2. The maximum Gasteiger partial charge on any atom is 0.390 e. The molecule has 5 nitrogen and oxygen atoms in total. The lowest BCUT2D eigenvalue weighted by Crippen LogP contribution is -2.38. The van der Waals surface area contributed by atoms with Gasteiger partial charge in [-0.15, -0.1) is 24.0 Å². The van der Waals surface area contributed by atoms with Crippen molar-refractivity contribution in [2.75, 3.05) is 19.9 Å². The molecular formula is C14H18ClF3IN3O2. The molecule has 24 heavy (non-hydrogen) atoms. The maximum atomic E-state index is 12.2. The van der Waals surface area contributed by atoms with Crippen molar-refractivity contribution in [2.24, 2.45) is 4.99 Å². The summed E-state index contributed by atoms with van der Waals surface area (Å²) in [7, 11) is 0. The molecule has 0 unspecified atom stereocenters. The summed E-state index contributed by atoms with van der Waals surface area (Å²) in [4.78, 5) is 4.24. The number of nitrogens with zero attached hydrogens (tertiary/aromatic N) is 1. The molecule has 10 heteroatoms. The minimum atomic E-state index is -4.20. The number of alkyl halides is 3. The fourth-order valence-corrected chi connectivity index (χ4v) is 2.23. The Hall–Kier alpha value is -1.10. The molecule has 0 spiro atoms. The van der Waals surface area contributed by atoms with E-state index in [1.54, 1.807) is 12.1 Å². The van der Waals surface area contributed by atoms with Crippen LogP contribution in [0.15, 0.2) is 17.1 Å². The Morgan fingerprint density at radius 3 is 2.71 bits per heavy atom. The van der Waals surface area contributed by atoms with Crippen molar-refractivity contribution in [3.8, 4) is 11.5 Å². The van der Waals surface area contributed by atoms with E-state index in [2.05, 4.69) is 15.6 Å². The highest BCUT2D eigenvalue weighted by Gasteiger charge is 2.26. The SMILES string of the molecule is CCNC(=NCc1cc(Cl)c2c(c1)OCO2)NCCC(F)(F)F.I. The van der Waals surface area contributed by atoms with E-state index >= 15 is 0 Å². The van der Waals surface area contributed by atoms with Crippen LogP contribution in [-0.4, -0.2) is 32.0 Å². The number of rotatable bonds is 5. The average molecular weight is 480 g/mol. The second-order valence-electron chi connectivity index (χ2n) is 4.80. The van der Waals surface area contributed by atoms with Gasteiger partial charge in [-0.05, 0) is 24.6 Å². The molecule has 0 saturated heterocycles. The molecule has 2 N–H and O–H groups in total. The summed E-state index contributed by atoms with van der Waals surface area (Å²) in [6.07, 6.45) is -5.12. The molecular weight excluding hydrogens is 462 g/mol. The minimum absolute atomic E-state index is 0. The van der Waals surface area contributed by atoms with E-state index in [9.17, 15) is 13.2 Å². The van der Waals surface area contributed by atoms with Crippen molar-refractivity contribution in [3.05, 3.63) is 22.7 Å². The van der Waals surface area contributed by atoms with Crippen molar-refractivity contribution in [3.63, 3.8) is 0 Å². The summed E-state index contributed by atoms with van der Waals surface area (Å²) in [5, 5.41) is 5.95. The fourth-order valence-electron chi connectivity index (χ4n) is 1.95. The van der Waals surface area contributed by atoms with Crippen LogP contribution in [0.2, 0.25) is 5.02 Å². The lowest BCUT2D eigenvalue weighted by atomic mass is 10.2. The number of halogens is 5. The minimum Gasteiger partial charge on any atom is -0.454 e. The topological polar surface area (TPSA) is 54.9 Å². The lowest BCUT2D eigenvalue weighted by Gasteiger charge is -2.12. The quantitative estimate of drug-likeness (QED) is 0.384. The van der Waals surface area contributed by atoms with Crippen LogP contribution in [0.3, 0.4) is 0 Å². The Labute approximate surface area is 160 Å². The maximum absolute atomic E-state index is 12.2. The first-order valence-electron chi connectivity index (χ1n) is 7.06. The van der Waals surface area contributed by atoms with Crippen LogP contribution in [-0.2, 0) is 6.54 Å². The number of benzene rings is 1. The first-order valence-corrected chi connectivity index (χ1v) is 7.44. The highest BCUT2D eigenvalue weighted by Crippen LogP contribution is 2.39. The number of guanidine groups is 1. The molecule has 136 valence electrons. The standard InChI is InChI=1S/C14H17ClF3N3O2.HI/c1-2-19-13(20-4-3-14(16,17)18)21-7-9-5-10(15)12-11(6-9)22-8-23-12;/h5-6H,2-4,7-8H2,1H3,(H2,19,20,21);1H. The monoisotopic (exact) mass is 479 g/mol. The van der Waals surface area contributed by atoms with Gasteiger partial charge in [0, 0.05) is 13.1 Å². The fraction of sp³-hybridized carbons (Fsp3) is 0.500. The smallest absolute Gasteiger partial charge is 0.390 e. The van der Waals surface area contributed by atoms with E-state index in [1.807, 2.05) is 6.92 Å². The molecule has 0 bridgehead atoms. The molecule has 0 saturated carbocycles. The van der Waals surface area contributed by atoms with Crippen LogP contribution in [0.25, 0.3) is 0 Å². The molecule has 1 aromatic rings. The lowest BCUT2D eigenvalue weighted by molar-refractivity contribution is -0.132.